The van der Waals surface area contributed by atoms with Crippen LogP contribution in [0.4, 0.5) is 18.9 Å². The van der Waals surface area contributed by atoms with Gasteiger partial charge >= 0.3 is 6.18 Å². The molecule has 7 nitrogen and oxygen atoms in total. The van der Waals surface area contributed by atoms with Crippen molar-refractivity contribution in [1.29, 1.82) is 0 Å². The van der Waals surface area contributed by atoms with E-state index in [4.69, 9.17) is 16.3 Å². The van der Waals surface area contributed by atoms with Crippen molar-refractivity contribution in [1.82, 2.24) is 9.29 Å². The highest BCUT2D eigenvalue weighted by Gasteiger charge is 2.32. The van der Waals surface area contributed by atoms with Gasteiger partial charge in [0.1, 0.15) is 0 Å². The molecule has 0 spiro atoms. The van der Waals surface area contributed by atoms with Crippen molar-refractivity contribution in [3.63, 3.8) is 0 Å². The lowest BCUT2D eigenvalue weighted by Crippen LogP contribution is -2.40. The molecule has 0 fully saturated rings. The molecule has 0 aliphatic carbocycles. The SMILES string of the molecule is COCCN(CC(=O)Nc1cc(C(F)(F)F)ccc1Cl)S(=O)(=O)c1cccc2cnccc12. The second-order valence-corrected chi connectivity index (χ2v) is 9.24. The van der Waals surface area contributed by atoms with E-state index in [1.165, 1.54) is 25.6 Å². The van der Waals surface area contributed by atoms with Crippen LogP contribution in [0.2, 0.25) is 5.02 Å². The minimum Gasteiger partial charge on any atom is -0.383 e. The summed E-state index contributed by atoms with van der Waals surface area (Å²) in [5.74, 6) is -0.863. The van der Waals surface area contributed by atoms with Crippen LogP contribution in [0.15, 0.2) is 59.8 Å². The third kappa shape index (κ3) is 5.80. The van der Waals surface area contributed by atoms with Gasteiger partial charge in [0.25, 0.3) is 0 Å². The molecule has 0 atom stereocenters. The Kier molecular flexibility index (Phi) is 7.58. The number of ether oxygens (including phenoxy) is 1. The zero-order chi connectivity index (χ0) is 24.2. The number of rotatable bonds is 8. The summed E-state index contributed by atoms with van der Waals surface area (Å²) in [5, 5.41) is 3.14. The number of alkyl halides is 3. The molecule has 0 aliphatic rings. The molecule has 0 bridgehead atoms. The maximum Gasteiger partial charge on any atom is 0.416 e. The Morgan fingerprint density at radius 3 is 2.67 bits per heavy atom. The van der Waals surface area contributed by atoms with Gasteiger partial charge in [0.05, 0.1) is 34.3 Å². The number of sulfonamides is 1. The van der Waals surface area contributed by atoms with Gasteiger partial charge in [0.2, 0.25) is 15.9 Å². The zero-order valence-corrected chi connectivity index (χ0v) is 18.8. The lowest BCUT2D eigenvalue weighted by atomic mass is 10.2. The average molecular weight is 502 g/mol. The van der Waals surface area contributed by atoms with Crippen molar-refractivity contribution in [2.24, 2.45) is 0 Å². The van der Waals surface area contributed by atoms with Crippen LogP contribution in [0.5, 0.6) is 0 Å². The summed E-state index contributed by atoms with van der Waals surface area (Å²) in [6.07, 6.45) is -1.68. The maximum absolute atomic E-state index is 13.4. The Labute approximate surface area is 193 Å². The summed E-state index contributed by atoms with van der Waals surface area (Å²) < 4.78 is 71.6. The predicted octanol–water partition coefficient (Wildman–Crippen LogP) is 4.18. The molecule has 33 heavy (non-hydrogen) atoms. The van der Waals surface area contributed by atoms with Crippen molar-refractivity contribution < 1.29 is 31.1 Å². The topological polar surface area (TPSA) is 88.6 Å². The number of halogens is 4. The third-order valence-electron chi connectivity index (χ3n) is 4.69. The van der Waals surface area contributed by atoms with Crippen LogP contribution in [0.25, 0.3) is 10.8 Å². The van der Waals surface area contributed by atoms with E-state index in [-0.39, 0.29) is 28.8 Å². The Morgan fingerprint density at radius 1 is 1.21 bits per heavy atom. The molecule has 3 aromatic rings. The van der Waals surface area contributed by atoms with Crippen LogP contribution in [-0.4, -0.2) is 50.4 Å². The fourth-order valence-electron chi connectivity index (χ4n) is 3.08. The summed E-state index contributed by atoms with van der Waals surface area (Å²) in [7, 11) is -2.81. The number of carbonyl (C=O) groups is 1. The highest BCUT2D eigenvalue weighted by Crippen LogP contribution is 2.34. The Morgan fingerprint density at radius 2 is 1.97 bits per heavy atom. The Balaban J connectivity index is 1.90. The van der Waals surface area contributed by atoms with Gasteiger partial charge in [-0.3, -0.25) is 9.78 Å². The summed E-state index contributed by atoms with van der Waals surface area (Å²) in [6, 6.07) is 8.66. The number of fused-ring (bicyclic) bond motifs is 1. The largest absolute Gasteiger partial charge is 0.416 e. The minimum atomic E-state index is -4.64. The Hall–Kier alpha value is -2.73. The van der Waals surface area contributed by atoms with E-state index in [9.17, 15) is 26.4 Å². The van der Waals surface area contributed by atoms with E-state index in [0.29, 0.717) is 16.8 Å². The molecule has 0 unspecified atom stereocenters. The molecule has 3 rings (SSSR count). The first kappa shape index (κ1) is 24.9. The van der Waals surface area contributed by atoms with E-state index in [1.54, 1.807) is 18.2 Å². The number of anilines is 1. The fourth-order valence-corrected chi connectivity index (χ4v) is 4.84. The van der Waals surface area contributed by atoms with Crippen molar-refractivity contribution in [3.05, 3.63) is 65.4 Å². The van der Waals surface area contributed by atoms with E-state index in [2.05, 4.69) is 10.3 Å². The smallest absolute Gasteiger partial charge is 0.383 e. The van der Waals surface area contributed by atoms with Crippen molar-refractivity contribution in [2.45, 2.75) is 11.1 Å². The van der Waals surface area contributed by atoms with Gasteiger partial charge in [0.15, 0.2) is 0 Å². The minimum absolute atomic E-state index is 0.0108. The number of nitrogens with zero attached hydrogens (tertiary/aromatic N) is 2. The van der Waals surface area contributed by atoms with E-state index < -0.39 is 34.2 Å². The molecule has 1 aromatic heterocycles. The van der Waals surface area contributed by atoms with Crippen LogP contribution in [0.1, 0.15) is 5.56 Å². The van der Waals surface area contributed by atoms with Gasteiger partial charge in [-0.2, -0.15) is 17.5 Å². The molecule has 12 heteroatoms. The number of amides is 1. The molecule has 0 saturated carbocycles. The van der Waals surface area contributed by atoms with Crippen molar-refractivity contribution in [3.8, 4) is 0 Å². The highest BCUT2D eigenvalue weighted by atomic mass is 35.5. The van der Waals surface area contributed by atoms with Crippen LogP contribution in [0, 0.1) is 0 Å². The summed E-state index contributed by atoms with van der Waals surface area (Å²) >= 11 is 5.92. The number of hydrogen-bond acceptors (Lipinski definition) is 5. The molecular weight excluding hydrogens is 483 g/mol. The van der Waals surface area contributed by atoms with Crippen LogP contribution in [0.3, 0.4) is 0 Å². The number of benzene rings is 2. The normalized spacial score (nSPS) is 12.3. The number of carbonyl (C=O) groups excluding carboxylic acids is 1. The maximum atomic E-state index is 13.4. The molecule has 1 heterocycles. The summed E-state index contributed by atoms with van der Waals surface area (Å²) in [4.78, 5) is 16.6. The summed E-state index contributed by atoms with van der Waals surface area (Å²) in [6.45, 7) is -0.840. The number of hydrogen-bond donors (Lipinski definition) is 1. The molecular formula is C21H19ClF3N3O4S. The average Bonchev–Trinajstić information content (AvgIpc) is 2.76. The Bertz CT molecular complexity index is 1260. The van der Waals surface area contributed by atoms with Crippen molar-refractivity contribution >= 4 is 44.0 Å². The van der Waals surface area contributed by atoms with Gasteiger partial charge in [-0.25, -0.2) is 8.42 Å². The molecule has 2 aromatic carbocycles. The zero-order valence-electron chi connectivity index (χ0n) is 17.3. The molecule has 0 radical (unpaired) electrons. The number of methoxy groups -OCH3 is 1. The van der Waals surface area contributed by atoms with E-state index in [0.717, 1.165) is 16.4 Å². The molecule has 0 aliphatic heterocycles. The summed E-state index contributed by atoms with van der Waals surface area (Å²) in [5.41, 5.74) is -1.28. The first-order chi connectivity index (χ1) is 15.5. The molecule has 176 valence electrons. The van der Waals surface area contributed by atoms with Crippen LogP contribution in [-0.2, 0) is 25.7 Å². The van der Waals surface area contributed by atoms with Gasteiger partial charge in [0, 0.05) is 36.8 Å². The number of pyridine rings is 1. The van der Waals surface area contributed by atoms with E-state index >= 15 is 0 Å². The number of aromatic nitrogens is 1. The molecule has 1 amide bonds. The second kappa shape index (κ2) is 10.0. The molecule has 0 saturated heterocycles. The monoisotopic (exact) mass is 501 g/mol. The first-order valence-electron chi connectivity index (χ1n) is 9.52. The standard InChI is InChI=1S/C21H19ClF3N3O4S/c1-32-10-9-28(33(30,31)19-4-2-3-14-12-26-8-7-16(14)19)13-20(29)27-18-11-15(21(23,24)25)5-6-17(18)22/h2-8,11-12H,9-10,13H2,1H3,(H,27,29). The van der Waals surface area contributed by atoms with Gasteiger partial charge in [-0.15, -0.1) is 0 Å². The number of nitrogens with one attached hydrogen (secondary N) is 1. The third-order valence-corrected chi connectivity index (χ3v) is 6.92. The predicted molar refractivity (Wildman–Crippen MR) is 117 cm³/mol. The lowest BCUT2D eigenvalue weighted by molar-refractivity contribution is -0.137. The van der Waals surface area contributed by atoms with Crippen LogP contribution >= 0.6 is 11.6 Å². The van der Waals surface area contributed by atoms with Crippen molar-refractivity contribution in [2.75, 3.05) is 32.1 Å². The first-order valence-corrected chi connectivity index (χ1v) is 11.3. The highest BCUT2D eigenvalue weighted by molar-refractivity contribution is 7.89. The lowest BCUT2D eigenvalue weighted by Gasteiger charge is -2.22. The van der Waals surface area contributed by atoms with Crippen LogP contribution < -0.4 is 5.32 Å². The van der Waals surface area contributed by atoms with E-state index in [1.807, 2.05) is 0 Å². The van der Waals surface area contributed by atoms with Gasteiger partial charge < -0.3 is 10.1 Å². The fraction of sp³-hybridized carbons (Fsp3) is 0.238. The van der Waals surface area contributed by atoms with Gasteiger partial charge in [-0.05, 0) is 30.3 Å². The molecule has 1 N–H and O–H groups in total. The second-order valence-electron chi connectivity index (χ2n) is 6.92. The quantitative estimate of drug-likeness (QED) is 0.500. The van der Waals surface area contributed by atoms with Gasteiger partial charge in [-0.1, -0.05) is 23.7 Å².